The number of nitrogens with two attached hydrogens (primary N) is 1. The fourth-order valence-corrected chi connectivity index (χ4v) is 2.17. The maximum Gasteiger partial charge on any atom is 0.184 e. The Morgan fingerprint density at radius 3 is 2.35 bits per heavy atom. The monoisotopic (exact) mass is 242 g/mol. The molecule has 2 atom stereocenters. The quantitative estimate of drug-likeness (QED) is 0.767. The molecular weight excluding hydrogens is 226 g/mol. The Kier molecular flexibility index (Phi) is 3.19. The normalized spacial score (nSPS) is 25.1. The molecule has 0 spiro atoms. The predicted octanol–water partition coefficient (Wildman–Crippen LogP) is 2.16. The molecule has 0 aliphatic carbocycles. The van der Waals surface area contributed by atoms with E-state index in [1.807, 2.05) is 13.8 Å². The molecule has 2 N–H and O–H groups in total. The Morgan fingerprint density at radius 1 is 1.18 bits per heavy atom. The number of nitrogen functional groups attached to an aromatic ring is 1. The van der Waals surface area contributed by atoms with Gasteiger partial charge in [-0.3, -0.25) is 0 Å². The molecule has 1 aliphatic heterocycles. The van der Waals surface area contributed by atoms with Crippen LogP contribution in [0.2, 0.25) is 0 Å². The van der Waals surface area contributed by atoms with Crippen LogP contribution >= 0.6 is 0 Å². The van der Waals surface area contributed by atoms with E-state index in [1.54, 1.807) is 4.90 Å². The molecule has 0 bridgehead atoms. The van der Waals surface area contributed by atoms with Crippen LogP contribution in [0.5, 0.6) is 0 Å². The van der Waals surface area contributed by atoms with Crippen molar-refractivity contribution in [1.82, 2.24) is 0 Å². The van der Waals surface area contributed by atoms with Crippen LogP contribution in [0, 0.1) is 11.6 Å². The van der Waals surface area contributed by atoms with E-state index in [0.717, 1.165) is 0 Å². The zero-order valence-corrected chi connectivity index (χ0v) is 9.91. The first-order valence-corrected chi connectivity index (χ1v) is 5.63. The number of morpholine rings is 1. The minimum atomic E-state index is -0.978. The zero-order valence-electron chi connectivity index (χ0n) is 9.91. The summed E-state index contributed by atoms with van der Waals surface area (Å²) >= 11 is 0. The van der Waals surface area contributed by atoms with Gasteiger partial charge < -0.3 is 15.4 Å². The average molecular weight is 242 g/mol. The van der Waals surface area contributed by atoms with E-state index in [2.05, 4.69) is 0 Å². The molecule has 2 rings (SSSR count). The van der Waals surface area contributed by atoms with Crippen LogP contribution in [0.3, 0.4) is 0 Å². The minimum absolute atomic E-state index is 0.00114. The summed E-state index contributed by atoms with van der Waals surface area (Å²) < 4.78 is 32.7. The van der Waals surface area contributed by atoms with E-state index in [4.69, 9.17) is 10.5 Å². The van der Waals surface area contributed by atoms with Crippen LogP contribution in [0.15, 0.2) is 12.1 Å². The predicted molar refractivity (Wildman–Crippen MR) is 63.0 cm³/mol. The number of nitrogens with zero attached hydrogens (tertiary/aromatic N) is 1. The SMILES string of the molecule is C[C@@H]1CN(c2ccc(N)c(F)c2F)C[C@H](C)O1. The molecule has 0 radical (unpaired) electrons. The first-order chi connectivity index (χ1) is 7.99. The number of hydrogen-bond acceptors (Lipinski definition) is 3. The third kappa shape index (κ3) is 2.34. The lowest BCUT2D eigenvalue weighted by atomic mass is 10.1. The first-order valence-electron chi connectivity index (χ1n) is 5.63. The van der Waals surface area contributed by atoms with Crippen molar-refractivity contribution in [2.45, 2.75) is 26.1 Å². The van der Waals surface area contributed by atoms with Gasteiger partial charge >= 0.3 is 0 Å². The van der Waals surface area contributed by atoms with E-state index in [1.165, 1.54) is 12.1 Å². The van der Waals surface area contributed by atoms with Crippen LogP contribution in [0.4, 0.5) is 20.2 Å². The molecule has 1 heterocycles. The maximum atomic E-state index is 13.8. The Morgan fingerprint density at radius 2 is 1.76 bits per heavy atom. The van der Waals surface area contributed by atoms with Gasteiger partial charge in [0.2, 0.25) is 0 Å². The molecule has 1 aromatic carbocycles. The smallest absolute Gasteiger partial charge is 0.184 e. The van der Waals surface area contributed by atoms with Crippen molar-refractivity contribution >= 4 is 11.4 Å². The lowest BCUT2D eigenvalue weighted by Gasteiger charge is -2.37. The molecule has 94 valence electrons. The molecule has 0 amide bonds. The van der Waals surface area contributed by atoms with Crippen LogP contribution in [0.1, 0.15) is 13.8 Å². The first kappa shape index (κ1) is 12.1. The highest BCUT2D eigenvalue weighted by Crippen LogP contribution is 2.27. The lowest BCUT2D eigenvalue weighted by molar-refractivity contribution is -0.00542. The second-order valence-corrected chi connectivity index (χ2v) is 4.46. The molecule has 0 saturated carbocycles. The summed E-state index contributed by atoms with van der Waals surface area (Å²) in [5.41, 5.74) is 5.40. The van der Waals surface area contributed by atoms with E-state index >= 15 is 0 Å². The third-order valence-electron chi connectivity index (χ3n) is 2.85. The summed E-state index contributed by atoms with van der Waals surface area (Å²) in [6.45, 7) is 4.91. The second-order valence-electron chi connectivity index (χ2n) is 4.46. The molecule has 1 aliphatic rings. The fraction of sp³-hybridized carbons (Fsp3) is 0.500. The van der Waals surface area contributed by atoms with Crippen LogP contribution in [0.25, 0.3) is 0 Å². The van der Waals surface area contributed by atoms with Gasteiger partial charge in [0.1, 0.15) is 0 Å². The number of rotatable bonds is 1. The van der Waals surface area contributed by atoms with Gasteiger partial charge in [-0.25, -0.2) is 8.78 Å². The fourth-order valence-electron chi connectivity index (χ4n) is 2.17. The Bertz CT molecular complexity index is 415. The molecule has 1 fully saturated rings. The van der Waals surface area contributed by atoms with Gasteiger partial charge in [0.15, 0.2) is 11.6 Å². The van der Waals surface area contributed by atoms with Gasteiger partial charge in [-0.05, 0) is 26.0 Å². The van der Waals surface area contributed by atoms with E-state index < -0.39 is 11.6 Å². The van der Waals surface area contributed by atoms with Crippen molar-refractivity contribution < 1.29 is 13.5 Å². The number of benzene rings is 1. The summed E-state index contributed by atoms with van der Waals surface area (Å²) in [4.78, 5) is 1.79. The second kappa shape index (κ2) is 4.49. The van der Waals surface area contributed by atoms with Gasteiger partial charge in [-0.15, -0.1) is 0 Å². The minimum Gasteiger partial charge on any atom is -0.396 e. The third-order valence-corrected chi connectivity index (χ3v) is 2.85. The number of hydrogen-bond donors (Lipinski definition) is 1. The van der Waals surface area contributed by atoms with E-state index in [0.29, 0.717) is 13.1 Å². The zero-order chi connectivity index (χ0) is 12.6. The van der Waals surface area contributed by atoms with E-state index in [9.17, 15) is 8.78 Å². The molecule has 1 saturated heterocycles. The van der Waals surface area contributed by atoms with Gasteiger partial charge in [-0.1, -0.05) is 0 Å². The lowest BCUT2D eigenvalue weighted by Crippen LogP contribution is -2.45. The Hall–Kier alpha value is -1.36. The highest BCUT2D eigenvalue weighted by Gasteiger charge is 2.25. The Labute approximate surface area is 99.2 Å². The van der Waals surface area contributed by atoms with Crippen molar-refractivity contribution in [2.24, 2.45) is 0 Å². The van der Waals surface area contributed by atoms with Gasteiger partial charge in [0.05, 0.1) is 23.6 Å². The largest absolute Gasteiger partial charge is 0.396 e. The standard InChI is InChI=1S/C12H16F2N2O/c1-7-5-16(6-8(2)17-7)10-4-3-9(15)11(13)12(10)14/h3-4,7-8H,5-6,15H2,1-2H3/t7-,8+. The summed E-state index contributed by atoms with van der Waals surface area (Å²) in [6.07, 6.45) is -0.00229. The maximum absolute atomic E-state index is 13.8. The van der Waals surface area contributed by atoms with Crippen molar-refractivity contribution in [2.75, 3.05) is 23.7 Å². The highest BCUT2D eigenvalue weighted by atomic mass is 19.2. The van der Waals surface area contributed by atoms with Crippen molar-refractivity contribution in [3.8, 4) is 0 Å². The number of ether oxygens (including phenoxy) is 1. The summed E-state index contributed by atoms with van der Waals surface area (Å²) in [6, 6.07) is 2.90. The molecule has 0 aromatic heterocycles. The van der Waals surface area contributed by atoms with Crippen LogP contribution in [-0.4, -0.2) is 25.3 Å². The molecule has 0 unspecified atom stereocenters. The van der Waals surface area contributed by atoms with Crippen molar-refractivity contribution in [3.63, 3.8) is 0 Å². The van der Waals surface area contributed by atoms with E-state index in [-0.39, 0.29) is 23.6 Å². The Balaban J connectivity index is 2.31. The summed E-state index contributed by atoms with van der Waals surface area (Å²) in [7, 11) is 0. The molecule has 5 heteroatoms. The molecule has 17 heavy (non-hydrogen) atoms. The average Bonchev–Trinajstić information content (AvgIpc) is 2.24. The van der Waals surface area contributed by atoms with Gasteiger partial charge in [0, 0.05) is 13.1 Å². The van der Waals surface area contributed by atoms with Gasteiger partial charge in [0.25, 0.3) is 0 Å². The van der Waals surface area contributed by atoms with Crippen molar-refractivity contribution in [3.05, 3.63) is 23.8 Å². The molecule has 3 nitrogen and oxygen atoms in total. The van der Waals surface area contributed by atoms with Crippen molar-refractivity contribution in [1.29, 1.82) is 0 Å². The highest BCUT2D eigenvalue weighted by molar-refractivity contribution is 5.56. The molecule has 1 aromatic rings. The summed E-state index contributed by atoms with van der Waals surface area (Å²) in [5.74, 6) is -1.86. The molecular formula is C12H16F2N2O. The van der Waals surface area contributed by atoms with Crippen LogP contribution in [-0.2, 0) is 4.74 Å². The van der Waals surface area contributed by atoms with Crippen LogP contribution < -0.4 is 10.6 Å². The number of halogens is 2. The van der Waals surface area contributed by atoms with Gasteiger partial charge in [-0.2, -0.15) is 0 Å². The number of anilines is 2. The topological polar surface area (TPSA) is 38.5 Å². The summed E-state index contributed by atoms with van der Waals surface area (Å²) in [5, 5.41) is 0.